The van der Waals surface area contributed by atoms with E-state index in [2.05, 4.69) is 30.4 Å². The molecule has 0 bridgehead atoms. The molecule has 2 atom stereocenters. The zero-order chi connectivity index (χ0) is 12.3. The average Bonchev–Trinajstić information content (AvgIpc) is 2.96. The summed E-state index contributed by atoms with van der Waals surface area (Å²) in [5.74, 6) is 6.13. The van der Waals surface area contributed by atoms with Crippen LogP contribution in [0.2, 0.25) is 0 Å². The summed E-state index contributed by atoms with van der Waals surface area (Å²) in [6, 6.07) is 2.73. The molecule has 0 amide bonds. The average molecular weight is 238 g/mol. The summed E-state index contributed by atoms with van der Waals surface area (Å²) >= 11 is 0. The van der Waals surface area contributed by atoms with Gasteiger partial charge in [0.05, 0.1) is 12.3 Å². The number of rotatable bonds is 5. The molecule has 1 fully saturated rings. The molecule has 1 saturated heterocycles. The molecule has 17 heavy (non-hydrogen) atoms. The van der Waals surface area contributed by atoms with Crippen LogP contribution >= 0.6 is 0 Å². The molecule has 0 saturated carbocycles. The molecule has 2 heterocycles. The summed E-state index contributed by atoms with van der Waals surface area (Å²) in [5.41, 5.74) is 3.99. The maximum Gasteiger partial charge on any atom is 0.0640 e. The van der Waals surface area contributed by atoms with Crippen molar-refractivity contribution in [2.24, 2.45) is 11.8 Å². The Morgan fingerprint density at radius 2 is 2.47 bits per heavy atom. The molecule has 5 nitrogen and oxygen atoms in total. The Balaban J connectivity index is 1.97. The summed E-state index contributed by atoms with van der Waals surface area (Å²) < 4.78 is 7.38. The Hall–Kier alpha value is -0.910. The standard InChI is InChI=1S/C12H22N4O/c1-9(2)16-5-3-11(15-16)7-12(14-13)10-4-6-17-8-10/h3,5,9-10,12,14H,4,6-8,13H2,1-2H3. The van der Waals surface area contributed by atoms with E-state index in [4.69, 9.17) is 10.6 Å². The molecular formula is C12H22N4O. The fraction of sp³-hybridized carbons (Fsp3) is 0.750. The van der Waals surface area contributed by atoms with Crippen molar-refractivity contribution in [2.45, 2.75) is 38.8 Å². The van der Waals surface area contributed by atoms with Crippen LogP contribution in [0.4, 0.5) is 0 Å². The summed E-state index contributed by atoms with van der Waals surface area (Å²) in [4.78, 5) is 0. The second kappa shape index (κ2) is 5.62. The molecular weight excluding hydrogens is 216 g/mol. The number of ether oxygens (including phenoxy) is 1. The molecule has 1 aromatic heterocycles. The first-order chi connectivity index (χ1) is 8.20. The Morgan fingerprint density at radius 1 is 1.65 bits per heavy atom. The number of hydrogen-bond donors (Lipinski definition) is 2. The van der Waals surface area contributed by atoms with Crippen molar-refractivity contribution in [1.82, 2.24) is 15.2 Å². The molecule has 0 spiro atoms. The highest BCUT2D eigenvalue weighted by Gasteiger charge is 2.25. The van der Waals surface area contributed by atoms with Gasteiger partial charge in [0.25, 0.3) is 0 Å². The van der Waals surface area contributed by atoms with Crippen molar-refractivity contribution >= 4 is 0 Å². The second-order valence-corrected chi connectivity index (χ2v) is 4.98. The van der Waals surface area contributed by atoms with Gasteiger partial charge in [-0.15, -0.1) is 0 Å². The lowest BCUT2D eigenvalue weighted by Gasteiger charge is -2.20. The monoisotopic (exact) mass is 238 g/mol. The smallest absolute Gasteiger partial charge is 0.0640 e. The summed E-state index contributed by atoms with van der Waals surface area (Å²) in [7, 11) is 0. The predicted octanol–water partition coefficient (Wildman–Crippen LogP) is 0.875. The van der Waals surface area contributed by atoms with Gasteiger partial charge in [0.2, 0.25) is 0 Å². The van der Waals surface area contributed by atoms with E-state index in [1.54, 1.807) is 0 Å². The Labute approximate surface area is 102 Å². The van der Waals surface area contributed by atoms with E-state index in [1.165, 1.54) is 0 Å². The van der Waals surface area contributed by atoms with E-state index < -0.39 is 0 Å². The number of hydrogen-bond acceptors (Lipinski definition) is 4. The van der Waals surface area contributed by atoms with Crippen LogP contribution in [0.5, 0.6) is 0 Å². The van der Waals surface area contributed by atoms with Gasteiger partial charge in [0, 0.05) is 37.2 Å². The first-order valence-electron chi connectivity index (χ1n) is 6.28. The predicted molar refractivity (Wildman–Crippen MR) is 66.4 cm³/mol. The van der Waals surface area contributed by atoms with Crippen LogP contribution in [0.1, 0.15) is 32.0 Å². The lowest BCUT2D eigenvalue weighted by atomic mass is 9.95. The van der Waals surface area contributed by atoms with Crippen molar-refractivity contribution in [1.29, 1.82) is 0 Å². The van der Waals surface area contributed by atoms with Crippen LogP contribution in [0.3, 0.4) is 0 Å². The maximum absolute atomic E-state index is 5.63. The van der Waals surface area contributed by atoms with Gasteiger partial charge in [-0.05, 0) is 26.3 Å². The Bertz CT molecular complexity index is 344. The number of nitrogens with two attached hydrogens (primary N) is 1. The van der Waals surface area contributed by atoms with Crippen LogP contribution in [0.15, 0.2) is 12.3 Å². The van der Waals surface area contributed by atoms with Crippen LogP contribution in [0.25, 0.3) is 0 Å². The van der Waals surface area contributed by atoms with Gasteiger partial charge in [0.1, 0.15) is 0 Å². The minimum Gasteiger partial charge on any atom is -0.381 e. The maximum atomic E-state index is 5.63. The molecule has 0 aliphatic carbocycles. The SMILES string of the molecule is CC(C)n1ccc(CC(NN)C2CCOC2)n1. The van der Waals surface area contributed by atoms with E-state index in [9.17, 15) is 0 Å². The molecule has 2 unspecified atom stereocenters. The molecule has 0 aromatic carbocycles. The van der Waals surface area contributed by atoms with E-state index in [0.717, 1.165) is 31.7 Å². The minimum atomic E-state index is 0.257. The zero-order valence-corrected chi connectivity index (χ0v) is 10.6. The fourth-order valence-corrected chi connectivity index (χ4v) is 2.23. The molecule has 3 N–H and O–H groups in total. The van der Waals surface area contributed by atoms with Crippen molar-refractivity contribution in [3.05, 3.63) is 18.0 Å². The van der Waals surface area contributed by atoms with E-state index >= 15 is 0 Å². The number of hydrazine groups is 1. The highest BCUT2D eigenvalue weighted by Crippen LogP contribution is 2.19. The highest BCUT2D eigenvalue weighted by atomic mass is 16.5. The molecule has 1 aliphatic heterocycles. The number of aromatic nitrogens is 2. The van der Waals surface area contributed by atoms with Crippen molar-refractivity contribution in [3.8, 4) is 0 Å². The lowest BCUT2D eigenvalue weighted by molar-refractivity contribution is 0.176. The summed E-state index contributed by atoms with van der Waals surface area (Å²) in [5, 5.41) is 4.55. The third kappa shape index (κ3) is 3.06. The molecule has 0 radical (unpaired) electrons. The van der Waals surface area contributed by atoms with Gasteiger partial charge in [-0.3, -0.25) is 16.0 Å². The third-order valence-corrected chi connectivity index (χ3v) is 3.37. The molecule has 1 aliphatic rings. The van der Waals surface area contributed by atoms with Gasteiger partial charge in [-0.1, -0.05) is 0 Å². The van der Waals surface area contributed by atoms with Gasteiger partial charge in [0.15, 0.2) is 0 Å². The van der Waals surface area contributed by atoms with Crippen molar-refractivity contribution in [3.63, 3.8) is 0 Å². The second-order valence-electron chi connectivity index (χ2n) is 4.98. The van der Waals surface area contributed by atoms with Crippen LogP contribution in [-0.2, 0) is 11.2 Å². The van der Waals surface area contributed by atoms with E-state index in [0.29, 0.717) is 12.0 Å². The quantitative estimate of drug-likeness (QED) is 0.590. The summed E-state index contributed by atoms with van der Waals surface area (Å²) in [6.07, 6.45) is 3.97. The Kier molecular flexibility index (Phi) is 4.15. The Morgan fingerprint density at radius 3 is 3.00 bits per heavy atom. The zero-order valence-electron chi connectivity index (χ0n) is 10.6. The number of nitrogens with one attached hydrogen (secondary N) is 1. The molecule has 5 heteroatoms. The summed E-state index contributed by atoms with van der Waals surface area (Å²) in [6.45, 7) is 5.91. The van der Waals surface area contributed by atoms with Gasteiger partial charge >= 0.3 is 0 Å². The van der Waals surface area contributed by atoms with E-state index in [-0.39, 0.29) is 6.04 Å². The fourth-order valence-electron chi connectivity index (χ4n) is 2.23. The molecule has 2 rings (SSSR count). The largest absolute Gasteiger partial charge is 0.381 e. The van der Waals surface area contributed by atoms with Gasteiger partial charge < -0.3 is 4.74 Å². The third-order valence-electron chi connectivity index (χ3n) is 3.37. The van der Waals surface area contributed by atoms with Crippen LogP contribution in [-0.4, -0.2) is 29.0 Å². The van der Waals surface area contributed by atoms with Crippen molar-refractivity contribution in [2.75, 3.05) is 13.2 Å². The topological polar surface area (TPSA) is 65.1 Å². The van der Waals surface area contributed by atoms with Gasteiger partial charge in [-0.25, -0.2) is 0 Å². The van der Waals surface area contributed by atoms with Crippen LogP contribution < -0.4 is 11.3 Å². The van der Waals surface area contributed by atoms with Gasteiger partial charge in [-0.2, -0.15) is 5.10 Å². The lowest BCUT2D eigenvalue weighted by Crippen LogP contribution is -2.42. The normalized spacial score (nSPS) is 22.2. The van der Waals surface area contributed by atoms with E-state index in [1.807, 2.05) is 10.9 Å². The highest BCUT2D eigenvalue weighted by molar-refractivity contribution is 5.03. The first-order valence-corrected chi connectivity index (χ1v) is 6.28. The van der Waals surface area contributed by atoms with Crippen LogP contribution in [0, 0.1) is 5.92 Å². The minimum absolute atomic E-state index is 0.257. The first kappa shape index (κ1) is 12.5. The molecule has 96 valence electrons. The number of nitrogens with zero attached hydrogens (tertiary/aromatic N) is 2. The van der Waals surface area contributed by atoms with Crippen molar-refractivity contribution < 1.29 is 4.74 Å². The molecule has 1 aromatic rings.